The molecule has 2 aliphatic heterocycles. The topological polar surface area (TPSA) is 73.0 Å². The molecule has 37 heavy (non-hydrogen) atoms. The van der Waals surface area contributed by atoms with Crippen LogP contribution in [-0.2, 0) is 10.0 Å². The number of hydrogen-bond donors (Lipinski definition) is 1. The number of carbonyl (C=O) groups excluding carboxylic acids is 1. The Morgan fingerprint density at radius 1 is 1.00 bits per heavy atom. The zero-order chi connectivity index (χ0) is 26.4. The summed E-state index contributed by atoms with van der Waals surface area (Å²) < 4.78 is 26.3. The molecular weight excluding hydrogens is 504 g/mol. The second-order valence-electron chi connectivity index (χ2n) is 9.42. The molecule has 9 heteroatoms. The van der Waals surface area contributed by atoms with Gasteiger partial charge in [-0.2, -0.15) is 0 Å². The Labute approximate surface area is 225 Å². The highest BCUT2D eigenvalue weighted by Gasteiger charge is 2.21. The Morgan fingerprint density at radius 3 is 2.27 bits per heavy atom. The molecule has 0 saturated carbocycles. The Kier molecular flexibility index (Phi) is 9.00. The van der Waals surface area contributed by atoms with Gasteiger partial charge in [0.15, 0.2) is 0 Å². The SMILES string of the molecule is CCN(CC)C(=O)c1ccc(C(=C2CCN(CN3C=CSC3)CC2)c2cccc(NS(C)(=O)=O)c2)cc1. The summed E-state index contributed by atoms with van der Waals surface area (Å²) in [6.07, 6.45) is 5.19. The summed E-state index contributed by atoms with van der Waals surface area (Å²) in [6.45, 7) is 8.19. The van der Waals surface area contributed by atoms with E-state index in [9.17, 15) is 13.2 Å². The number of rotatable bonds is 9. The molecule has 0 aromatic heterocycles. The van der Waals surface area contributed by atoms with Crippen LogP contribution < -0.4 is 4.72 Å². The van der Waals surface area contributed by atoms with Gasteiger partial charge in [0.25, 0.3) is 5.91 Å². The summed E-state index contributed by atoms with van der Waals surface area (Å²) in [5.41, 5.74) is 5.70. The first-order valence-electron chi connectivity index (χ1n) is 12.7. The van der Waals surface area contributed by atoms with Gasteiger partial charge in [0.1, 0.15) is 0 Å². The third-order valence-corrected chi connectivity index (χ3v) is 8.13. The van der Waals surface area contributed by atoms with Crippen LogP contribution in [0.15, 0.2) is 65.7 Å². The van der Waals surface area contributed by atoms with Crippen LogP contribution in [0.25, 0.3) is 5.57 Å². The van der Waals surface area contributed by atoms with Gasteiger partial charge in [-0.25, -0.2) is 8.42 Å². The van der Waals surface area contributed by atoms with Gasteiger partial charge in [-0.05, 0) is 73.1 Å². The first kappa shape index (κ1) is 27.3. The molecule has 1 fully saturated rings. The average Bonchev–Trinajstić information content (AvgIpc) is 3.39. The largest absolute Gasteiger partial charge is 0.355 e. The van der Waals surface area contributed by atoms with Crippen molar-refractivity contribution in [2.45, 2.75) is 26.7 Å². The number of nitrogens with one attached hydrogen (secondary N) is 1. The van der Waals surface area contributed by atoms with Crippen molar-refractivity contribution < 1.29 is 13.2 Å². The van der Waals surface area contributed by atoms with Crippen LogP contribution in [-0.4, -0.2) is 74.0 Å². The number of likely N-dealkylation sites (tertiary alicyclic amines) is 1. The molecule has 0 atom stereocenters. The second kappa shape index (κ2) is 12.2. The monoisotopic (exact) mass is 540 g/mol. The number of amides is 1. The van der Waals surface area contributed by atoms with Crippen LogP contribution in [0.5, 0.6) is 0 Å². The van der Waals surface area contributed by atoms with Crippen LogP contribution >= 0.6 is 11.8 Å². The quantitative estimate of drug-likeness (QED) is 0.489. The van der Waals surface area contributed by atoms with Crippen LogP contribution in [0.4, 0.5) is 5.69 Å². The van der Waals surface area contributed by atoms with E-state index in [-0.39, 0.29) is 5.91 Å². The Bertz CT molecular complexity index is 1260. The Hall–Kier alpha value is -2.75. The van der Waals surface area contributed by atoms with Crippen molar-refractivity contribution in [3.05, 3.63) is 82.4 Å². The maximum atomic E-state index is 12.8. The van der Waals surface area contributed by atoms with E-state index in [2.05, 4.69) is 26.1 Å². The van der Waals surface area contributed by atoms with Crippen molar-refractivity contribution in [1.29, 1.82) is 0 Å². The highest BCUT2D eigenvalue weighted by molar-refractivity contribution is 8.02. The number of benzene rings is 2. The number of piperidine rings is 1. The van der Waals surface area contributed by atoms with Crippen molar-refractivity contribution in [3.63, 3.8) is 0 Å². The molecule has 0 unspecified atom stereocenters. The fraction of sp³-hybridized carbons (Fsp3) is 0.393. The number of sulfonamides is 1. The normalized spacial score (nSPS) is 16.2. The molecule has 7 nitrogen and oxygen atoms in total. The first-order chi connectivity index (χ1) is 17.8. The number of thioether (sulfide) groups is 1. The fourth-order valence-electron chi connectivity index (χ4n) is 4.87. The Balaban J connectivity index is 1.65. The molecule has 0 radical (unpaired) electrons. The summed E-state index contributed by atoms with van der Waals surface area (Å²) in [7, 11) is -3.38. The summed E-state index contributed by atoms with van der Waals surface area (Å²) in [4.78, 5) is 19.5. The molecule has 2 aromatic carbocycles. The standard InChI is InChI=1S/C28H36N4O3S2/c1-4-32(5-2)28(33)24-11-9-22(10-12-24)27(25-7-6-8-26(19-25)29-37(3,34)35)23-13-15-30(16-14-23)20-31-17-18-36-21-31/h6-12,17-19,29H,4-5,13-16,20-21H2,1-3H3. The summed E-state index contributed by atoms with van der Waals surface area (Å²) in [5.74, 6) is 1.04. The predicted octanol–water partition coefficient (Wildman–Crippen LogP) is 4.87. The lowest BCUT2D eigenvalue weighted by atomic mass is 9.88. The fourth-order valence-corrected chi connectivity index (χ4v) is 6.13. The van der Waals surface area contributed by atoms with Crippen molar-refractivity contribution >= 4 is 39.0 Å². The van der Waals surface area contributed by atoms with Gasteiger partial charge in [0.05, 0.1) is 18.8 Å². The Morgan fingerprint density at radius 2 is 1.68 bits per heavy atom. The van der Waals surface area contributed by atoms with Crippen LogP contribution in [0, 0.1) is 0 Å². The maximum Gasteiger partial charge on any atom is 0.253 e. The van der Waals surface area contributed by atoms with Crippen LogP contribution in [0.2, 0.25) is 0 Å². The molecule has 1 N–H and O–H groups in total. The zero-order valence-corrected chi connectivity index (χ0v) is 23.4. The van der Waals surface area contributed by atoms with E-state index < -0.39 is 10.0 Å². The maximum absolute atomic E-state index is 12.8. The van der Waals surface area contributed by atoms with Gasteiger partial charge in [-0.1, -0.05) is 29.8 Å². The molecule has 1 saturated heterocycles. The van der Waals surface area contributed by atoms with Gasteiger partial charge >= 0.3 is 0 Å². The third-order valence-electron chi connectivity index (χ3n) is 6.73. The molecular formula is C28H36N4O3S2. The van der Waals surface area contributed by atoms with E-state index in [1.807, 2.05) is 73.0 Å². The van der Waals surface area contributed by atoms with Gasteiger partial charge in [0.2, 0.25) is 10.0 Å². The molecule has 2 aliphatic rings. The third kappa shape index (κ3) is 7.18. The highest BCUT2D eigenvalue weighted by atomic mass is 32.2. The van der Waals surface area contributed by atoms with E-state index >= 15 is 0 Å². The summed E-state index contributed by atoms with van der Waals surface area (Å²) in [5, 5.41) is 2.14. The van der Waals surface area contributed by atoms with Gasteiger partial charge < -0.3 is 9.80 Å². The van der Waals surface area contributed by atoms with Gasteiger partial charge in [-0.15, -0.1) is 11.8 Å². The van der Waals surface area contributed by atoms with Gasteiger partial charge in [-0.3, -0.25) is 14.4 Å². The van der Waals surface area contributed by atoms with E-state index in [1.54, 1.807) is 6.07 Å². The molecule has 0 aliphatic carbocycles. The minimum Gasteiger partial charge on any atom is -0.355 e. The van der Waals surface area contributed by atoms with Crippen molar-refractivity contribution in [2.24, 2.45) is 0 Å². The van der Waals surface area contributed by atoms with Crippen LogP contribution in [0.3, 0.4) is 0 Å². The number of anilines is 1. The zero-order valence-electron chi connectivity index (χ0n) is 21.8. The number of carbonyl (C=O) groups is 1. The lowest BCUT2D eigenvalue weighted by molar-refractivity contribution is 0.0773. The molecule has 2 heterocycles. The average molecular weight is 541 g/mol. The smallest absolute Gasteiger partial charge is 0.253 e. The van der Waals surface area contributed by atoms with E-state index in [1.165, 1.54) is 5.57 Å². The second-order valence-corrected chi connectivity index (χ2v) is 12.0. The summed E-state index contributed by atoms with van der Waals surface area (Å²) in [6, 6.07) is 15.4. The lowest BCUT2D eigenvalue weighted by Gasteiger charge is -2.33. The lowest BCUT2D eigenvalue weighted by Crippen LogP contribution is -2.38. The molecule has 198 valence electrons. The first-order valence-corrected chi connectivity index (χ1v) is 15.7. The van der Waals surface area contributed by atoms with E-state index in [0.717, 1.165) is 61.4 Å². The molecule has 4 rings (SSSR count). The van der Waals surface area contributed by atoms with Crippen molar-refractivity contribution in [1.82, 2.24) is 14.7 Å². The number of hydrogen-bond acceptors (Lipinski definition) is 6. The van der Waals surface area contributed by atoms with Gasteiger partial charge in [0, 0.05) is 43.6 Å². The highest BCUT2D eigenvalue weighted by Crippen LogP contribution is 2.34. The van der Waals surface area contributed by atoms with E-state index in [4.69, 9.17) is 0 Å². The minimum atomic E-state index is -3.38. The van der Waals surface area contributed by atoms with Crippen molar-refractivity contribution in [2.75, 3.05) is 49.7 Å². The minimum absolute atomic E-state index is 0.0348. The molecule has 0 spiro atoms. The molecule has 2 aromatic rings. The number of nitrogens with zero attached hydrogens (tertiary/aromatic N) is 3. The molecule has 1 amide bonds. The van der Waals surface area contributed by atoms with E-state index in [0.29, 0.717) is 24.3 Å². The summed E-state index contributed by atoms with van der Waals surface area (Å²) >= 11 is 1.82. The van der Waals surface area contributed by atoms with Crippen LogP contribution in [0.1, 0.15) is 48.2 Å². The molecule has 0 bridgehead atoms. The predicted molar refractivity (Wildman–Crippen MR) is 154 cm³/mol. The van der Waals surface area contributed by atoms with Crippen molar-refractivity contribution in [3.8, 4) is 0 Å².